The van der Waals surface area contributed by atoms with Crippen molar-refractivity contribution in [1.29, 1.82) is 0 Å². The van der Waals surface area contributed by atoms with Gasteiger partial charge in [0.05, 0.1) is 10.6 Å². The van der Waals surface area contributed by atoms with Crippen LogP contribution in [0, 0.1) is 10.1 Å². The summed E-state index contributed by atoms with van der Waals surface area (Å²) in [5, 5.41) is 13.9. The van der Waals surface area contributed by atoms with E-state index in [2.05, 4.69) is 15.2 Å². The largest absolute Gasteiger partial charge is 0.477 e. The van der Waals surface area contributed by atoms with Crippen molar-refractivity contribution in [2.24, 2.45) is 0 Å². The number of pyridine rings is 1. The molecule has 1 N–H and O–H groups in total. The second kappa shape index (κ2) is 9.09. The van der Waals surface area contributed by atoms with E-state index < -0.39 is 4.92 Å². The summed E-state index contributed by atoms with van der Waals surface area (Å²) in [7, 11) is 0. The molecule has 0 unspecified atom stereocenters. The minimum absolute atomic E-state index is 0.0897. The number of nitrogens with zero attached hydrogens (tertiary/aromatic N) is 3. The predicted octanol–water partition coefficient (Wildman–Crippen LogP) is 2.15. The quantitative estimate of drug-likeness (QED) is 0.592. The molecule has 0 bridgehead atoms. The standard InChI is InChI=1S/C19H22N4O4/c24-19(14-27-18-7-2-1-6-17(18)23(25)26)21-15-8-11-22(12-9-15)13-16-5-3-4-10-20-16/h1-7,10,15H,8-9,11-14H2,(H,21,24). The Hall–Kier alpha value is -3.00. The molecule has 8 nitrogen and oxygen atoms in total. The zero-order valence-electron chi connectivity index (χ0n) is 14.9. The van der Waals surface area contributed by atoms with Crippen LogP contribution in [0.2, 0.25) is 0 Å². The summed E-state index contributed by atoms with van der Waals surface area (Å²) in [4.78, 5) is 29.2. The third-order valence-electron chi connectivity index (χ3n) is 4.49. The number of aromatic nitrogens is 1. The maximum atomic E-state index is 12.1. The van der Waals surface area contributed by atoms with Gasteiger partial charge in [-0.15, -0.1) is 0 Å². The third-order valence-corrected chi connectivity index (χ3v) is 4.49. The van der Waals surface area contributed by atoms with E-state index in [-0.39, 0.29) is 30.0 Å². The number of rotatable bonds is 7. The van der Waals surface area contributed by atoms with Gasteiger partial charge in [-0.05, 0) is 31.0 Å². The number of hydrogen-bond acceptors (Lipinski definition) is 6. The maximum absolute atomic E-state index is 12.1. The van der Waals surface area contributed by atoms with Crippen LogP contribution in [0.4, 0.5) is 5.69 Å². The highest BCUT2D eigenvalue weighted by atomic mass is 16.6. The number of amides is 1. The Labute approximate surface area is 157 Å². The van der Waals surface area contributed by atoms with E-state index in [0.29, 0.717) is 0 Å². The van der Waals surface area contributed by atoms with Gasteiger partial charge in [-0.25, -0.2) is 0 Å². The zero-order valence-corrected chi connectivity index (χ0v) is 14.9. The van der Waals surface area contributed by atoms with Crippen LogP contribution in [-0.2, 0) is 11.3 Å². The van der Waals surface area contributed by atoms with Gasteiger partial charge < -0.3 is 10.1 Å². The summed E-state index contributed by atoms with van der Waals surface area (Å²) < 4.78 is 5.33. The van der Waals surface area contributed by atoms with Crippen molar-refractivity contribution in [2.45, 2.75) is 25.4 Å². The number of para-hydroxylation sites is 2. The van der Waals surface area contributed by atoms with Crippen molar-refractivity contribution in [3.63, 3.8) is 0 Å². The number of ether oxygens (including phenoxy) is 1. The summed E-state index contributed by atoms with van der Waals surface area (Å²) in [6, 6.07) is 12.0. The van der Waals surface area contributed by atoms with Crippen molar-refractivity contribution in [3.05, 3.63) is 64.5 Å². The van der Waals surface area contributed by atoms with Crippen molar-refractivity contribution < 1.29 is 14.5 Å². The topological polar surface area (TPSA) is 97.6 Å². The lowest BCUT2D eigenvalue weighted by Gasteiger charge is -2.32. The molecular weight excluding hydrogens is 348 g/mol. The average molecular weight is 370 g/mol. The minimum Gasteiger partial charge on any atom is -0.477 e. The fourth-order valence-corrected chi connectivity index (χ4v) is 3.10. The van der Waals surface area contributed by atoms with Crippen molar-refractivity contribution in [3.8, 4) is 5.75 Å². The molecule has 1 aliphatic rings. The molecule has 2 heterocycles. The number of nitro groups is 1. The average Bonchev–Trinajstić information content (AvgIpc) is 2.69. The normalized spacial score (nSPS) is 15.3. The molecule has 0 saturated carbocycles. The van der Waals surface area contributed by atoms with E-state index in [4.69, 9.17) is 4.74 Å². The van der Waals surface area contributed by atoms with Crippen LogP contribution in [0.5, 0.6) is 5.75 Å². The fraction of sp³-hybridized carbons (Fsp3) is 0.368. The molecule has 8 heteroatoms. The molecule has 1 aromatic carbocycles. The van der Waals surface area contributed by atoms with Gasteiger partial charge in [0.1, 0.15) is 0 Å². The van der Waals surface area contributed by atoms with Gasteiger partial charge >= 0.3 is 5.69 Å². The first-order valence-corrected chi connectivity index (χ1v) is 8.89. The Balaban J connectivity index is 1.41. The lowest BCUT2D eigenvalue weighted by atomic mass is 10.0. The van der Waals surface area contributed by atoms with Gasteiger partial charge in [-0.3, -0.25) is 24.8 Å². The van der Waals surface area contributed by atoms with Crippen LogP contribution in [0.25, 0.3) is 0 Å². The van der Waals surface area contributed by atoms with E-state index in [0.717, 1.165) is 38.2 Å². The van der Waals surface area contributed by atoms with Crippen molar-refractivity contribution in [2.75, 3.05) is 19.7 Å². The first-order valence-electron chi connectivity index (χ1n) is 8.89. The molecule has 0 atom stereocenters. The van der Waals surface area contributed by atoms with E-state index in [1.807, 2.05) is 18.2 Å². The molecule has 1 amide bonds. The zero-order chi connectivity index (χ0) is 19.1. The first kappa shape index (κ1) is 18.8. The molecule has 142 valence electrons. The van der Waals surface area contributed by atoms with E-state index in [1.165, 1.54) is 12.1 Å². The minimum atomic E-state index is -0.523. The molecule has 3 rings (SSSR count). The number of piperidine rings is 1. The molecule has 0 aliphatic carbocycles. The summed E-state index contributed by atoms with van der Waals surface area (Å²) in [5.74, 6) is -0.167. The van der Waals surface area contributed by atoms with Gasteiger partial charge in [0.25, 0.3) is 5.91 Å². The van der Waals surface area contributed by atoms with Crippen molar-refractivity contribution >= 4 is 11.6 Å². The van der Waals surface area contributed by atoms with Crippen LogP contribution in [-0.4, -0.2) is 46.5 Å². The van der Waals surface area contributed by atoms with Crippen LogP contribution in [0.15, 0.2) is 48.7 Å². The third kappa shape index (κ3) is 5.49. The summed E-state index contributed by atoms with van der Waals surface area (Å²) in [6.45, 7) is 2.33. The number of carbonyl (C=O) groups excluding carboxylic acids is 1. The first-order chi connectivity index (χ1) is 13.1. The summed E-state index contributed by atoms with van der Waals surface area (Å²) >= 11 is 0. The monoisotopic (exact) mass is 370 g/mol. The smallest absolute Gasteiger partial charge is 0.310 e. The molecular formula is C19H22N4O4. The van der Waals surface area contributed by atoms with E-state index in [1.54, 1.807) is 18.3 Å². The maximum Gasteiger partial charge on any atom is 0.310 e. The highest BCUT2D eigenvalue weighted by Crippen LogP contribution is 2.25. The Morgan fingerprint density at radius 2 is 1.96 bits per heavy atom. The van der Waals surface area contributed by atoms with Crippen LogP contribution < -0.4 is 10.1 Å². The SMILES string of the molecule is O=C(COc1ccccc1[N+](=O)[O-])NC1CCN(Cc2ccccn2)CC1. The number of hydrogen-bond donors (Lipinski definition) is 1. The fourth-order valence-electron chi connectivity index (χ4n) is 3.10. The molecule has 1 aliphatic heterocycles. The summed E-state index contributed by atoms with van der Waals surface area (Å²) in [6.07, 6.45) is 3.49. The van der Waals surface area contributed by atoms with Gasteiger partial charge in [-0.1, -0.05) is 18.2 Å². The number of nitro benzene ring substituents is 1. The molecule has 1 fully saturated rings. The predicted molar refractivity (Wildman–Crippen MR) is 99.3 cm³/mol. The lowest BCUT2D eigenvalue weighted by molar-refractivity contribution is -0.385. The van der Waals surface area contributed by atoms with Crippen LogP contribution in [0.3, 0.4) is 0 Å². The Bertz CT molecular complexity index is 776. The Morgan fingerprint density at radius 3 is 2.67 bits per heavy atom. The Kier molecular flexibility index (Phi) is 6.32. The summed E-state index contributed by atoms with van der Waals surface area (Å²) in [5.41, 5.74) is 0.894. The number of nitrogens with one attached hydrogen (secondary N) is 1. The molecule has 27 heavy (non-hydrogen) atoms. The highest BCUT2D eigenvalue weighted by molar-refractivity contribution is 5.78. The molecule has 1 aromatic heterocycles. The van der Waals surface area contributed by atoms with Crippen molar-refractivity contribution in [1.82, 2.24) is 15.2 Å². The van der Waals surface area contributed by atoms with Gasteiger partial charge in [0.2, 0.25) is 0 Å². The van der Waals surface area contributed by atoms with Gasteiger partial charge in [0, 0.05) is 37.9 Å². The molecule has 2 aromatic rings. The Morgan fingerprint density at radius 1 is 1.22 bits per heavy atom. The number of benzene rings is 1. The van der Waals surface area contributed by atoms with Gasteiger partial charge in [0.15, 0.2) is 12.4 Å². The second-order valence-corrected chi connectivity index (χ2v) is 6.45. The van der Waals surface area contributed by atoms with Gasteiger partial charge in [-0.2, -0.15) is 0 Å². The molecule has 1 saturated heterocycles. The number of carbonyl (C=O) groups is 1. The number of likely N-dealkylation sites (tertiary alicyclic amines) is 1. The van der Waals surface area contributed by atoms with Crippen LogP contribution >= 0.6 is 0 Å². The second-order valence-electron chi connectivity index (χ2n) is 6.45. The van der Waals surface area contributed by atoms with Crippen LogP contribution in [0.1, 0.15) is 18.5 Å². The highest BCUT2D eigenvalue weighted by Gasteiger charge is 2.22. The molecule has 0 spiro atoms. The van der Waals surface area contributed by atoms with E-state index in [9.17, 15) is 14.9 Å². The lowest BCUT2D eigenvalue weighted by Crippen LogP contribution is -2.45. The molecule has 0 radical (unpaired) electrons. The van der Waals surface area contributed by atoms with E-state index >= 15 is 0 Å².